The van der Waals surface area contributed by atoms with E-state index in [4.69, 9.17) is 11.6 Å². The smallest absolute Gasteiger partial charge is 0.242 e. The van der Waals surface area contributed by atoms with Crippen LogP contribution in [-0.2, 0) is 10.0 Å². The molecule has 7 heteroatoms. The Bertz CT molecular complexity index is 628. The molecule has 1 heterocycles. The highest BCUT2D eigenvalue weighted by Gasteiger charge is 2.29. The van der Waals surface area contributed by atoms with Crippen LogP contribution in [0.3, 0.4) is 0 Å². The highest BCUT2D eigenvalue weighted by molar-refractivity contribution is 7.89. The van der Waals surface area contributed by atoms with E-state index in [-0.39, 0.29) is 20.9 Å². The van der Waals surface area contributed by atoms with Gasteiger partial charge in [0.05, 0.1) is 5.02 Å². The molecule has 1 saturated heterocycles. The van der Waals surface area contributed by atoms with Crippen LogP contribution in [0.1, 0.15) is 25.3 Å². The molecule has 0 spiro atoms. The molecular weight excluding hydrogens is 315 g/mol. The fourth-order valence-electron chi connectivity index (χ4n) is 2.39. The first-order valence-electron chi connectivity index (χ1n) is 6.90. The first kappa shape index (κ1) is 16.7. The highest BCUT2D eigenvalue weighted by Crippen LogP contribution is 2.29. The molecule has 0 aromatic heterocycles. The molecule has 0 saturated carbocycles. The van der Waals surface area contributed by atoms with Crippen molar-refractivity contribution in [2.24, 2.45) is 5.41 Å². The minimum absolute atomic E-state index is 0.0689. The van der Waals surface area contributed by atoms with E-state index < -0.39 is 15.8 Å². The largest absolute Gasteiger partial charge is 0.317 e. The molecule has 0 aliphatic carbocycles. The summed E-state index contributed by atoms with van der Waals surface area (Å²) in [5, 5.41) is 3.16. The van der Waals surface area contributed by atoms with E-state index in [1.807, 2.05) is 0 Å². The lowest BCUT2D eigenvalue weighted by atomic mass is 9.81. The Kier molecular flexibility index (Phi) is 4.92. The molecule has 118 valence electrons. The lowest BCUT2D eigenvalue weighted by molar-refractivity contribution is 0.232. The van der Waals surface area contributed by atoms with E-state index in [2.05, 4.69) is 17.0 Å². The number of piperidine rings is 1. The van der Waals surface area contributed by atoms with Gasteiger partial charge in [0.1, 0.15) is 10.7 Å². The monoisotopic (exact) mass is 334 g/mol. The van der Waals surface area contributed by atoms with Crippen molar-refractivity contribution in [3.05, 3.63) is 28.5 Å². The van der Waals surface area contributed by atoms with Crippen molar-refractivity contribution in [1.29, 1.82) is 0 Å². The molecule has 0 atom stereocenters. The molecule has 2 N–H and O–H groups in total. The number of rotatable bonds is 4. The van der Waals surface area contributed by atoms with Crippen LogP contribution < -0.4 is 10.0 Å². The molecule has 1 aliphatic rings. The number of aryl methyl sites for hydroxylation is 1. The maximum atomic E-state index is 13.4. The Hall–Kier alpha value is -0.690. The Balaban J connectivity index is 2.17. The summed E-state index contributed by atoms with van der Waals surface area (Å²) in [5.41, 5.74) is 0.188. The molecule has 21 heavy (non-hydrogen) atoms. The normalized spacial score (nSPS) is 18.7. The Morgan fingerprint density at radius 3 is 2.62 bits per heavy atom. The van der Waals surface area contributed by atoms with Crippen LogP contribution in [-0.4, -0.2) is 28.1 Å². The molecule has 1 aromatic carbocycles. The molecule has 1 aliphatic heterocycles. The quantitative estimate of drug-likeness (QED) is 0.889. The van der Waals surface area contributed by atoms with Gasteiger partial charge in [0.2, 0.25) is 10.0 Å². The second-order valence-electron chi connectivity index (χ2n) is 5.92. The Morgan fingerprint density at radius 1 is 1.38 bits per heavy atom. The summed E-state index contributed by atoms with van der Waals surface area (Å²) < 4.78 is 40.7. The molecule has 0 bridgehead atoms. The summed E-state index contributed by atoms with van der Waals surface area (Å²) in [6.07, 6.45) is 1.82. The fourth-order valence-corrected chi connectivity index (χ4v) is 4.19. The van der Waals surface area contributed by atoms with Gasteiger partial charge >= 0.3 is 0 Å². The lowest BCUT2D eigenvalue weighted by Crippen LogP contribution is -2.42. The van der Waals surface area contributed by atoms with Crippen molar-refractivity contribution in [3.8, 4) is 0 Å². The standard InChI is InChI=1S/C14H20ClFN2O2S/c1-10-7-13(11(15)8-12(10)16)21(19,20)18-9-14(2)3-5-17-6-4-14/h7-8,17-18H,3-6,9H2,1-2H3. The summed E-state index contributed by atoms with van der Waals surface area (Å²) in [4.78, 5) is -0.0689. The maximum absolute atomic E-state index is 13.4. The van der Waals surface area contributed by atoms with Crippen LogP contribution in [0.2, 0.25) is 5.02 Å². The summed E-state index contributed by atoms with van der Waals surface area (Å²) in [7, 11) is -3.74. The molecule has 0 radical (unpaired) electrons. The summed E-state index contributed by atoms with van der Waals surface area (Å²) in [6, 6.07) is 2.31. The molecule has 0 amide bonds. The average molecular weight is 335 g/mol. The lowest BCUT2D eigenvalue weighted by Gasteiger charge is -2.34. The van der Waals surface area contributed by atoms with E-state index in [0.717, 1.165) is 32.0 Å². The molecule has 1 aromatic rings. The minimum Gasteiger partial charge on any atom is -0.317 e. The van der Waals surface area contributed by atoms with Crippen molar-refractivity contribution in [1.82, 2.24) is 10.0 Å². The van der Waals surface area contributed by atoms with E-state index in [0.29, 0.717) is 6.54 Å². The van der Waals surface area contributed by atoms with E-state index in [1.165, 1.54) is 13.0 Å². The van der Waals surface area contributed by atoms with Gasteiger partial charge in [0.15, 0.2) is 0 Å². The number of hydrogen-bond acceptors (Lipinski definition) is 3. The molecule has 2 rings (SSSR count). The van der Waals surface area contributed by atoms with Gasteiger partial charge in [-0.15, -0.1) is 0 Å². The zero-order valence-electron chi connectivity index (χ0n) is 12.2. The average Bonchev–Trinajstić information content (AvgIpc) is 2.42. The predicted octanol–water partition coefficient (Wildman–Crippen LogP) is 2.46. The van der Waals surface area contributed by atoms with E-state index >= 15 is 0 Å². The van der Waals surface area contributed by atoms with Gasteiger partial charge in [-0.05, 0) is 56.0 Å². The van der Waals surface area contributed by atoms with Gasteiger partial charge in [-0.25, -0.2) is 17.5 Å². The second kappa shape index (κ2) is 6.20. The summed E-state index contributed by atoms with van der Waals surface area (Å²) in [5.74, 6) is -0.510. The van der Waals surface area contributed by atoms with Crippen LogP contribution in [0.15, 0.2) is 17.0 Å². The number of sulfonamides is 1. The van der Waals surface area contributed by atoms with Crippen molar-refractivity contribution < 1.29 is 12.8 Å². The van der Waals surface area contributed by atoms with Crippen LogP contribution in [0.4, 0.5) is 4.39 Å². The molecule has 4 nitrogen and oxygen atoms in total. The highest BCUT2D eigenvalue weighted by atomic mass is 35.5. The number of hydrogen-bond donors (Lipinski definition) is 2. The Labute approximate surface area is 130 Å². The third kappa shape index (κ3) is 3.94. The maximum Gasteiger partial charge on any atom is 0.242 e. The van der Waals surface area contributed by atoms with Gasteiger partial charge in [0.25, 0.3) is 0 Å². The minimum atomic E-state index is -3.74. The van der Waals surface area contributed by atoms with Crippen LogP contribution in [0.25, 0.3) is 0 Å². The first-order chi connectivity index (χ1) is 9.73. The predicted molar refractivity (Wildman–Crippen MR) is 81.5 cm³/mol. The topological polar surface area (TPSA) is 58.2 Å². The molecule has 0 unspecified atom stereocenters. The van der Waals surface area contributed by atoms with Crippen molar-refractivity contribution in [2.45, 2.75) is 31.6 Å². The van der Waals surface area contributed by atoms with Crippen LogP contribution in [0.5, 0.6) is 0 Å². The summed E-state index contributed by atoms with van der Waals surface area (Å²) in [6.45, 7) is 5.69. The molecular formula is C14H20ClFN2O2S. The van der Waals surface area contributed by atoms with Gasteiger partial charge in [-0.3, -0.25) is 0 Å². The number of benzene rings is 1. The number of nitrogens with one attached hydrogen (secondary N) is 2. The van der Waals surface area contributed by atoms with Gasteiger partial charge in [-0.2, -0.15) is 0 Å². The van der Waals surface area contributed by atoms with Gasteiger partial charge in [-0.1, -0.05) is 18.5 Å². The van der Waals surface area contributed by atoms with Crippen molar-refractivity contribution >= 4 is 21.6 Å². The second-order valence-corrected chi connectivity index (χ2v) is 8.06. The third-order valence-corrected chi connectivity index (χ3v) is 5.87. The fraction of sp³-hybridized carbons (Fsp3) is 0.571. The third-order valence-electron chi connectivity index (χ3n) is 4.00. The van der Waals surface area contributed by atoms with Gasteiger partial charge in [0, 0.05) is 6.54 Å². The van der Waals surface area contributed by atoms with Gasteiger partial charge < -0.3 is 5.32 Å². The summed E-state index contributed by atoms with van der Waals surface area (Å²) >= 11 is 5.87. The first-order valence-corrected chi connectivity index (χ1v) is 8.76. The van der Waals surface area contributed by atoms with Crippen molar-refractivity contribution in [3.63, 3.8) is 0 Å². The van der Waals surface area contributed by atoms with E-state index in [9.17, 15) is 12.8 Å². The zero-order valence-corrected chi connectivity index (χ0v) is 13.7. The number of halogens is 2. The van der Waals surface area contributed by atoms with Crippen molar-refractivity contribution in [2.75, 3.05) is 19.6 Å². The Morgan fingerprint density at radius 2 is 2.00 bits per heavy atom. The SMILES string of the molecule is Cc1cc(S(=O)(=O)NCC2(C)CCNCC2)c(Cl)cc1F. The van der Waals surface area contributed by atoms with Crippen LogP contribution in [0, 0.1) is 18.2 Å². The molecule has 1 fully saturated rings. The zero-order chi connectivity index (χ0) is 15.7. The van der Waals surface area contributed by atoms with Crippen LogP contribution >= 0.6 is 11.6 Å². The van der Waals surface area contributed by atoms with E-state index in [1.54, 1.807) is 0 Å².